The third-order valence-electron chi connectivity index (χ3n) is 1.61. The van der Waals surface area contributed by atoms with E-state index in [2.05, 4.69) is 4.74 Å². The van der Waals surface area contributed by atoms with Crippen molar-refractivity contribution in [2.24, 2.45) is 0 Å². The van der Waals surface area contributed by atoms with Gasteiger partial charge in [0.1, 0.15) is 5.75 Å². The standard InChI is InChI=1S/C8H4F5NO3/c9-7(10)4-1-5(14(15)16)3-6(2-4)17-8(11,12)13/h1-3,7H. The second-order valence-corrected chi connectivity index (χ2v) is 2.87. The lowest BCUT2D eigenvalue weighted by Gasteiger charge is -2.09. The highest BCUT2D eigenvalue weighted by Crippen LogP contribution is 2.31. The van der Waals surface area contributed by atoms with E-state index in [4.69, 9.17) is 0 Å². The molecule has 1 aromatic rings. The molecule has 1 rings (SSSR count). The van der Waals surface area contributed by atoms with Crippen LogP contribution in [-0.4, -0.2) is 11.3 Å². The van der Waals surface area contributed by atoms with Crippen molar-refractivity contribution in [3.05, 3.63) is 33.9 Å². The monoisotopic (exact) mass is 257 g/mol. The van der Waals surface area contributed by atoms with Crippen LogP contribution in [0.3, 0.4) is 0 Å². The molecule has 0 bridgehead atoms. The number of alkyl halides is 5. The van der Waals surface area contributed by atoms with Gasteiger partial charge in [0.15, 0.2) is 0 Å². The van der Waals surface area contributed by atoms with Gasteiger partial charge >= 0.3 is 6.36 Å². The molecule has 0 aliphatic heterocycles. The number of hydrogen-bond donors (Lipinski definition) is 0. The molecule has 0 aliphatic rings. The average Bonchev–Trinajstić information content (AvgIpc) is 2.14. The Kier molecular flexibility index (Phi) is 3.49. The van der Waals surface area contributed by atoms with Crippen LogP contribution in [0.15, 0.2) is 18.2 Å². The van der Waals surface area contributed by atoms with Crippen molar-refractivity contribution < 1.29 is 31.6 Å². The number of benzene rings is 1. The number of nitro benzene ring substituents is 1. The van der Waals surface area contributed by atoms with E-state index in [-0.39, 0.29) is 0 Å². The van der Waals surface area contributed by atoms with Crippen LogP contribution < -0.4 is 4.74 Å². The van der Waals surface area contributed by atoms with E-state index in [0.717, 1.165) is 0 Å². The summed E-state index contributed by atoms with van der Waals surface area (Å²) in [7, 11) is 0. The number of nitrogens with zero attached hydrogens (tertiary/aromatic N) is 1. The molecular formula is C8H4F5NO3. The fourth-order valence-electron chi connectivity index (χ4n) is 1.03. The van der Waals surface area contributed by atoms with Crippen LogP contribution in [0.25, 0.3) is 0 Å². The fraction of sp³-hybridized carbons (Fsp3) is 0.250. The maximum Gasteiger partial charge on any atom is 0.573 e. The highest BCUT2D eigenvalue weighted by Gasteiger charge is 2.32. The van der Waals surface area contributed by atoms with E-state index in [9.17, 15) is 32.1 Å². The second kappa shape index (κ2) is 4.52. The smallest absolute Gasteiger partial charge is 0.406 e. The van der Waals surface area contributed by atoms with Gasteiger partial charge in [-0.15, -0.1) is 13.2 Å². The molecule has 94 valence electrons. The van der Waals surface area contributed by atoms with Gasteiger partial charge in [0.25, 0.3) is 12.1 Å². The van der Waals surface area contributed by atoms with Gasteiger partial charge in [-0.3, -0.25) is 10.1 Å². The summed E-state index contributed by atoms with van der Waals surface area (Å²) in [6, 6.07) is 1.29. The predicted molar refractivity (Wildman–Crippen MR) is 44.7 cm³/mol. The van der Waals surface area contributed by atoms with Crippen molar-refractivity contribution in [2.75, 3.05) is 0 Å². The third kappa shape index (κ3) is 3.85. The summed E-state index contributed by atoms with van der Waals surface area (Å²) in [5.74, 6) is -1.05. The van der Waals surface area contributed by atoms with Crippen molar-refractivity contribution in [1.82, 2.24) is 0 Å². The summed E-state index contributed by atoms with van der Waals surface area (Å²) in [4.78, 5) is 9.23. The quantitative estimate of drug-likeness (QED) is 0.473. The molecule has 0 saturated carbocycles. The molecule has 0 spiro atoms. The van der Waals surface area contributed by atoms with E-state index < -0.39 is 34.7 Å². The van der Waals surface area contributed by atoms with Crippen molar-refractivity contribution >= 4 is 5.69 Å². The zero-order chi connectivity index (χ0) is 13.2. The van der Waals surface area contributed by atoms with Gasteiger partial charge in [0.2, 0.25) is 0 Å². The number of hydrogen-bond acceptors (Lipinski definition) is 3. The van der Waals surface area contributed by atoms with Gasteiger partial charge in [0.05, 0.1) is 11.0 Å². The minimum Gasteiger partial charge on any atom is -0.406 e. The zero-order valence-electron chi connectivity index (χ0n) is 7.87. The molecule has 0 N–H and O–H groups in total. The average molecular weight is 257 g/mol. The Balaban J connectivity index is 3.17. The van der Waals surface area contributed by atoms with E-state index in [1.165, 1.54) is 0 Å². The minimum atomic E-state index is -5.10. The summed E-state index contributed by atoms with van der Waals surface area (Å²) in [5.41, 5.74) is -1.82. The van der Waals surface area contributed by atoms with Crippen LogP contribution in [0.2, 0.25) is 0 Å². The fourth-order valence-corrected chi connectivity index (χ4v) is 1.03. The SMILES string of the molecule is O=[N+]([O-])c1cc(OC(F)(F)F)cc(C(F)F)c1. The normalized spacial score (nSPS) is 11.6. The summed E-state index contributed by atoms with van der Waals surface area (Å²) in [5, 5.41) is 10.3. The molecule has 4 nitrogen and oxygen atoms in total. The summed E-state index contributed by atoms with van der Waals surface area (Å²) < 4.78 is 63.4. The molecule has 1 aromatic carbocycles. The first-order valence-corrected chi connectivity index (χ1v) is 4.02. The van der Waals surface area contributed by atoms with Crippen LogP contribution in [0, 0.1) is 10.1 Å². The predicted octanol–water partition coefficient (Wildman–Crippen LogP) is 3.43. The van der Waals surface area contributed by atoms with Crippen LogP contribution in [0.5, 0.6) is 5.75 Å². The lowest BCUT2D eigenvalue weighted by atomic mass is 10.2. The Morgan fingerprint density at radius 1 is 1.24 bits per heavy atom. The Hall–Kier alpha value is -1.93. The number of ether oxygens (including phenoxy) is 1. The van der Waals surface area contributed by atoms with Gasteiger partial charge in [-0.2, -0.15) is 0 Å². The number of rotatable bonds is 3. The molecule has 0 aromatic heterocycles. The summed E-state index contributed by atoms with van der Waals surface area (Å²) in [6.07, 6.45) is -8.24. The molecular weight excluding hydrogens is 253 g/mol. The van der Waals surface area contributed by atoms with Gasteiger partial charge in [-0.25, -0.2) is 8.78 Å². The zero-order valence-corrected chi connectivity index (χ0v) is 7.87. The molecule has 0 aliphatic carbocycles. The van der Waals surface area contributed by atoms with Crippen LogP contribution in [0.1, 0.15) is 12.0 Å². The first-order valence-electron chi connectivity index (χ1n) is 4.02. The number of non-ortho nitro benzene ring substituents is 1. The van der Waals surface area contributed by atoms with E-state index in [0.29, 0.717) is 18.2 Å². The van der Waals surface area contributed by atoms with Gasteiger partial charge in [0, 0.05) is 11.6 Å². The van der Waals surface area contributed by atoms with Crippen molar-refractivity contribution in [3.8, 4) is 5.75 Å². The van der Waals surface area contributed by atoms with Gasteiger partial charge < -0.3 is 4.74 Å². The Morgan fingerprint density at radius 2 is 1.82 bits per heavy atom. The van der Waals surface area contributed by atoms with Gasteiger partial charge in [-0.1, -0.05) is 0 Å². The topological polar surface area (TPSA) is 52.4 Å². The summed E-state index contributed by atoms with van der Waals surface area (Å²) >= 11 is 0. The van der Waals surface area contributed by atoms with Gasteiger partial charge in [-0.05, 0) is 6.07 Å². The van der Waals surface area contributed by atoms with Crippen molar-refractivity contribution in [2.45, 2.75) is 12.8 Å². The summed E-state index contributed by atoms with van der Waals surface area (Å²) in [6.45, 7) is 0. The maximum absolute atomic E-state index is 12.3. The lowest BCUT2D eigenvalue weighted by molar-refractivity contribution is -0.385. The largest absolute Gasteiger partial charge is 0.573 e. The second-order valence-electron chi connectivity index (χ2n) is 2.87. The first-order chi connectivity index (χ1) is 7.69. The third-order valence-corrected chi connectivity index (χ3v) is 1.61. The molecule has 9 heteroatoms. The number of nitro groups is 1. The first kappa shape index (κ1) is 13.1. The number of halogens is 5. The van der Waals surface area contributed by atoms with E-state index >= 15 is 0 Å². The highest BCUT2D eigenvalue weighted by atomic mass is 19.4. The van der Waals surface area contributed by atoms with E-state index in [1.807, 2.05) is 0 Å². The molecule has 17 heavy (non-hydrogen) atoms. The van der Waals surface area contributed by atoms with Crippen LogP contribution in [0.4, 0.5) is 27.6 Å². The molecule has 0 amide bonds. The highest BCUT2D eigenvalue weighted by molar-refractivity contribution is 5.43. The molecule has 0 radical (unpaired) electrons. The Labute approximate surface area is 90.8 Å². The molecule has 0 fully saturated rings. The Morgan fingerprint density at radius 3 is 2.24 bits per heavy atom. The maximum atomic E-state index is 12.3. The lowest BCUT2D eigenvalue weighted by Crippen LogP contribution is -2.17. The minimum absolute atomic E-state index is 0.394. The van der Waals surface area contributed by atoms with Crippen molar-refractivity contribution in [3.63, 3.8) is 0 Å². The van der Waals surface area contributed by atoms with Crippen LogP contribution >= 0.6 is 0 Å². The Bertz CT molecular complexity index is 432. The van der Waals surface area contributed by atoms with Crippen LogP contribution in [-0.2, 0) is 0 Å². The molecule has 0 heterocycles. The van der Waals surface area contributed by atoms with E-state index in [1.54, 1.807) is 0 Å². The molecule has 0 saturated heterocycles. The van der Waals surface area contributed by atoms with Crippen molar-refractivity contribution in [1.29, 1.82) is 0 Å². The molecule has 0 atom stereocenters. The molecule has 0 unspecified atom stereocenters.